The van der Waals surface area contributed by atoms with E-state index in [2.05, 4.69) is 19.9 Å². The molecule has 6 nitrogen and oxygen atoms in total. The molecule has 0 unspecified atom stereocenters. The molecule has 0 saturated carbocycles. The maximum Gasteiger partial charge on any atom is 0.383 e. The molecule has 0 spiro atoms. The Balaban J connectivity index is 2.27. The van der Waals surface area contributed by atoms with Gasteiger partial charge in [-0.3, -0.25) is 4.79 Å². The van der Waals surface area contributed by atoms with E-state index >= 15 is 0 Å². The van der Waals surface area contributed by atoms with Crippen LogP contribution in [0.15, 0.2) is 50.7 Å². The van der Waals surface area contributed by atoms with E-state index in [0.717, 1.165) is 18.4 Å². The Hall–Kier alpha value is -3.02. The van der Waals surface area contributed by atoms with Crippen molar-refractivity contribution in [2.24, 2.45) is 0 Å². The summed E-state index contributed by atoms with van der Waals surface area (Å²) in [6.45, 7) is 7.47. The van der Waals surface area contributed by atoms with Gasteiger partial charge in [-0.05, 0) is 51.8 Å². The van der Waals surface area contributed by atoms with E-state index in [4.69, 9.17) is 13.9 Å². The number of aromatic hydroxyl groups is 1. The molecule has 1 heterocycles. The molecule has 0 radical (unpaired) electrons. The van der Waals surface area contributed by atoms with Crippen LogP contribution in [-0.2, 0) is 4.79 Å². The van der Waals surface area contributed by atoms with Gasteiger partial charge in [0.25, 0.3) is 0 Å². The molecular formula is C21H24O6. The van der Waals surface area contributed by atoms with E-state index in [-0.39, 0.29) is 29.4 Å². The maximum absolute atomic E-state index is 12.3. The van der Waals surface area contributed by atoms with Crippen molar-refractivity contribution in [2.75, 3.05) is 6.61 Å². The number of fused-ring (bicyclic) bond motifs is 1. The van der Waals surface area contributed by atoms with Gasteiger partial charge in [-0.15, -0.1) is 0 Å². The molecule has 2 aromatic rings. The van der Waals surface area contributed by atoms with Crippen molar-refractivity contribution in [2.45, 2.75) is 40.5 Å². The van der Waals surface area contributed by atoms with Crippen LogP contribution in [0, 0.1) is 0 Å². The number of hydrogen-bond donors (Lipinski definition) is 1. The van der Waals surface area contributed by atoms with Crippen LogP contribution in [-0.4, -0.2) is 17.7 Å². The molecule has 0 aliphatic carbocycles. The number of carbonyl (C=O) groups excluding carboxylic acids is 1. The van der Waals surface area contributed by atoms with Gasteiger partial charge < -0.3 is 19.0 Å². The van der Waals surface area contributed by atoms with Crippen LogP contribution in [0.2, 0.25) is 0 Å². The van der Waals surface area contributed by atoms with Crippen LogP contribution in [0.25, 0.3) is 11.0 Å². The fraction of sp³-hybridized carbons (Fsp3) is 0.333. The Bertz CT molecular complexity index is 945. The summed E-state index contributed by atoms with van der Waals surface area (Å²) in [5, 5.41) is 9.92. The van der Waals surface area contributed by atoms with Crippen molar-refractivity contribution >= 4 is 16.9 Å². The van der Waals surface area contributed by atoms with Gasteiger partial charge in [-0.2, -0.15) is 0 Å². The molecule has 0 aliphatic heterocycles. The first-order chi connectivity index (χ1) is 12.8. The summed E-state index contributed by atoms with van der Waals surface area (Å²) in [5.74, 6) is -0.836. The van der Waals surface area contributed by atoms with E-state index < -0.39 is 11.6 Å². The highest BCUT2D eigenvalue weighted by Gasteiger charge is 2.19. The fourth-order valence-electron chi connectivity index (χ4n) is 2.47. The summed E-state index contributed by atoms with van der Waals surface area (Å²) in [6, 6.07) is 4.19. The van der Waals surface area contributed by atoms with Crippen LogP contribution >= 0.6 is 0 Å². The van der Waals surface area contributed by atoms with E-state index in [1.165, 1.54) is 30.7 Å². The molecule has 1 N–H and O–H groups in total. The Morgan fingerprint density at radius 3 is 2.56 bits per heavy atom. The number of carbonyl (C=O) groups is 1. The first-order valence-electron chi connectivity index (χ1n) is 8.68. The summed E-state index contributed by atoms with van der Waals surface area (Å²) < 4.78 is 15.9. The van der Waals surface area contributed by atoms with Crippen molar-refractivity contribution in [3.63, 3.8) is 0 Å². The first-order valence-corrected chi connectivity index (χ1v) is 8.68. The minimum absolute atomic E-state index is 0.00987. The number of allylic oxidation sites excluding steroid dienone is 3. The van der Waals surface area contributed by atoms with E-state index in [0.29, 0.717) is 5.39 Å². The lowest BCUT2D eigenvalue weighted by molar-refractivity contribution is -0.131. The minimum atomic E-state index is -0.778. The molecule has 0 bridgehead atoms. The summed E-state index contributed by atoms with van der Waals surface area (Å²) in [4.78, 5) is 23.7. The minimum Gasteiger partial charge on any atom is -0.508 e. The highest BCUT2D eigenvalue weighted by atomic mass is 16.6. The van der Waals surface area contributed by atoms with Gasteiger partial charge in [0.1, 0.15) is 17.9 Å². The van der Waals surface area contributed by atoms with Crippen molar-refractivity contribution in [1.29, 1.82) is 0 Å². The first kappa shape index (κ1) is 20.3. The highest BCUT2D eigenvalue weighted by Crippen LogP contribution is 2.34. The van der Waals surface area contributed by atoms with Crippen LogP contribution in [0.4, 0.5) is 0 Å². The van der Waals surface area contributed by atoms with Crippen LogP contribution < -0.4 is 15.1 Å². The zero-order valence-electron chi connectivity index (χ0n) is 16.0. The molecule has 2 rings (SSSR count). The molecule has 27 heavy (non-hydrogen) atoms. The summed E-state index contributed by atoms with van der Waals surface area (Å²) in [7, 11) is 0. The maximum atomic E-state index is 12.3. The molecule has 0 aliphatic rings. The largest absolute Gasteiger partial charge is 0.508 e. The molecule has 1 aromatic carbocycles. The van der Waals surface area contributed by atoms with E-state index in [9.17, 15) is 14.7 Å². The van der Waals surface area contributed by atoms with Crippen LogP contribution in [0.3, 0.4) is 0 Å². The topological polar surface area (TPSA) is 86.0 Å². The van der Waals surface area contributed by atoms with E-state index in [1.54, 1.807) is 0 Å². The number of phenols is 1. The molecule has 0 amide bonds. The van der Waals surface area contributed by atoms with Crippen LogP contribution in [0.5, 0.6) is 17.2 Å². The third kappa shape index (κ3) is 5.74. The average molecular weight is 372 g/mol. The number of benzene rings is 1. The molecule has 0 fully saturated rings. The fourth-order valence-corrected chi connectivity index (χ4v) is 2.47. The van der Waals surface area contributed by atoms with Crippen LogP contribution in [0.1, 0.15) is 40.5 Å². The lowest BCUT2D eigenvalue weighted by atomic mass is 10.1. The van der Waals surface area contributed by atoms with Crippen molar-refractivity contribution in [3.8, 4) is 17.2 Å². The Labute approximate surface area is 157 Å². The molecule has 0 saturated heterocycles. The number of esters is 1. The SMILES string of the molecule is CC(=O)Oc1c(OC/C=C(\C)CCC=C(C)C)c(=O)oc2cc(O)ccc12. The Morgan fingerprint density at radius 2 is 1.89 bits per heavy atom. The smallest absolute Gasteiger partial charge is 0.383 e. The van der Waals surface area contributed by atoms with Gasteiger partial charge >= 0.3 is 11.6 Å². The highest BCUT2D eigenvalue weighted by molar-refractivity contribution is 5.89. The van der Waals surface area contributed by atoms with Gasteiger partial charge in [-0.1, -0.05) is 17.2 Å². The normalized spacial score (nSPS) is 11.3. The predicted molar refractivity (Wildman–Crippen MR) is 103 cm³/mol. The number of phenolic OH excluding ortho intramolecular Hbond substituents is 1. The summed E-state index contributed by atoms with van der Waals surface area (Å²) in [6.07, 6.45) is 5.85. The third-order valence-corrected chi connectivity index (χ3v) is 3.80. The summed E-state index contributed by atoms with van der Waals surface area (Å²) in [5.41, 5.74) is 1.72. The molecule has 6 heteroatoms. The standard InChI is InChI=1S/C21H24O6/c1-13(2)6-5-7-14(3)10-11-25-20-19(26-15(4)22)17-9-8-16(23)12-18(17)27-21(20)24/h6,8-10,12,23H,5,7,11H2,1-4H3/b14-10+. The number of rotatable bonds is 7. The van der Waals surface area contributed by atoms with Gasteiger partial charge in [0.2, 0.25) is 5.75 Å². The second-order valence-corrected chi connectivity index (χ2v) is 6.50. The zero-order chi connectivity index (χ0) is 20.0. The molecule has 0 atom stereocenters. The lowest BCUT2D eigenvalue weighted by Crippen LogP contribution is -2.12. The van der Waals surface area contributed by atoms with Gasteiger partial charge in [0, 0.05) is 13.0 Å². The molecule has 144 valence electrons. The monoisotopic (exact) mass is 372 g/mol. The zero-order valence-corrected chi connectivity index (χ0v) is 16.0. The van der Waals surface area contributed by atoms with Crippen molar-refractivity contribution in [3.05, 3.63) is 51.9 Å². The number of hydrogen-bond acceptors (Lipinski definition) is 6. The molecule has 1 aromatic heterocycles. The Kier molecular flexibility index (Phi) is 6.82. The van der Waals surface area contributed by atoms with Crippen molar-refractivity contribution in [1.82, 2.24) is 0 Å². The van der Waals surface area contributed by atoms with Gasteiger partial charge in [0.15, 0.2) is 5.75 Å². The summed E-state index contributed by atoms with van der Waals surface area (Å²) >= 11 is 0. The van der Waals surface area contributed by atoms with E-state index in [1.807, 2.05) is 13.0 Å². The average Bonchev–Trinajstić information content (AvgIpc) is 2.56. The van der Waals surface area contributed by atoms with Gasteiger partial charge in [0.05, 0.1) is 5.39 Å². The van der Waals surface area contributed by atoms with Crippen molar-refractivity contribution < 1.29 is 23.8 Å². The predicted octanol–water partition coefficient (Wildman–Crippen LogP) is 4.50. The Morgan fingerprint density at radius 1 is 1.15 bits per heavy atom. The third-order valence-electron chi connectivity index (χ3n) is 3.80. The molecular weight excluding hydrogens is 348 g/mol. The van der Waals surface area contributed by atoms with Gasteiger partial charge in [-0.25, -0.2) is 4.79 Å². The number of ether oxygens (including phenoxy) is 2. The lowest BCUT2D eigenvalue weighted by Gasteiger charge is -2.11. The second kappa shape index (κ2) is 9.07. The quantitative estimate of drug-likeness (QED) is 0.438. The second-order valence-electron chi connectivity index (χ2n) is 6.50.